The molecule has 2 heterocycles. The van der Waals surface area contributed by atoms with Crippen LogP contribution in [0.2, 0.25) is 0 Å². The van der Waals surface area contributed by atoms with Gasteiger partial charge in [-0.3, -0.25) is 14.6 Å². The highest BCUT2D eigenvalue weighted by atomic mass is 32.1. The fourth-order valence-corrected chi connectivity index (χ4v) is 3.30. The highest BCUT2D eigenvalue weighted by Crippen LogP contribution is 2.34. The van der Waals surface area contributed by atoms with E-state index in [0.29, 0.717) is 0 Å². The van der Waals surface area contributed by atoms with Crippen LogP contribution in [0.5, 0.6) is 5.75 Å². The summed E-state index contributed by atoms with van der Waals surface area (Å²) >= 11 is 0.789. The monoisotopic (exact) mass is 434 g/mol. The molecule has 11 heteroatoms. The Morgan fingerprint density at radius 1 is 1.20 bits per heavy atom. The molecule has 3 N–H and O–H groups in total. The average Bonchev–Trinajstić information content (AvgIpc) is 3.07. The van der Waals surface area contributed by atoms with Crippen LogP contribution in [0.3, 0.4) is 0 Å². The number of pyridine rings is 1. The number of amides is 1. The summed E-state index contributed by atoms with van der Waals surface area (Å²) in [6.45, 7) is 1.36. The topological polar surface area (TPSA) is 116 Å². The van der Waals surface area contributed by atoms with Crippen LogP contribution in [0, 0.1) is 11.6 Å². The van der Waals surface area contributed by atoms with Gasteiger partial charge in [0.15, 0.2) is 5.69 Å². The van der Waals surface area contributed by atoms with Crippen LogP contribution in [0.15, 0.2) is 36.7 Å². The third kappa shape index (κ3) is 4.87. The first kappa shape index (κ1) is 21.1. The molecule has 0 fully saturated rings. The quantitative estimate of drug-likeness (QED) is 0.433. The number of nitrogens with two attached hydrogens (primary N) is 1. The molecule has 0 bridgehead atoms. The van der Waals surface area contributed by atoms with Crippen LogP contribution >= 0.6 is 11.3 Å². The van der Waals surface area contributed by atoms with E-state index in [2.05, 4.69) is 15.3 Å². The molecule has 8 nitrogen and oxygen atoms in total. The van der Waals surface area contributed by atoms with Crippen molar-refractivity contribution in [3.05, 3.63) is 54.0 Å². The van der Waals surface area contributed by atoms with Gasteiger partial charge in [0.25, 0.3) is 5.91 Å². The van der Waals surface area contributed by atoms with Gasteiger partial charge in [-0.15, -0.1) is 0 Å². The van der Waals surface area contributed by atoms with Crippen molar-refractivity contribution in [2.75, 3.05) is 24.3 Å². The summed E-state index contributed by atoms with van der Waals surface area (Å²) in [5.74, 6) is -2.50. The second kappa shape index (κ2) is 9.27. The molecule has 0 aliphatic carbocycles. The minimum Gasteiger partial charge on any atom is -0.488 e. The van der Waals surface area contributed by atoms with E-state index in [1.807, 2.05) is 0 Å². The lowest BCUT2D eigenvalue weighted by atomic mass is 10.2. The van der Waals surface area contributed by atoms with E-state index in [4.69, 9.17) is 15.2 Å². The third-order valence-corrected chi connectivity index (χ3v) is 4.62. The normalized spacial score (nSPS) is 10.5. The molecule has 0 saturated heterocycles. The number of nitrogens with zero attached hydrogens (tertiary/aromatic N) is 2. The molecule has 1 amide bonds. The summed E-state index contributed by atoms with van der Waals surface area (Å²) < 4.78 is 38.3. The van der Waals surface area contributed by atoms with Gasteiger partial charge >= 0.3 is 5.97 Å². The molecule has 0 unspecified atom stereocenters. The molecule has 1 aromatic carbocycles. The molecule has 3 rings (SSSR count). The second-order valence-electron chi connectivity index (χ2n) is 5.84. The van der Waals surface area contributed by atoms with E-state index >= 15 is 0 Å². The van der Waals surface area contributed by atoms with Gasteiger partial charge < -0.3 is 20.5 Å². The number of hydrogen-bond acceptors (Lipinski definition) is 8. The lowest BCUT2D eigenvalue weighted by Crippen LogP contribution is -2.16. The lowest BCUT2D eigenvalue weighted by molar-refractivity contribution is -0.141. The molecule has 3 aromatic rings. The molecule has 0 saturated carbocycles. The third-order valence-electron chi connectivity index (χ3n) is 3.72. The largest absolute Gasteiger partial charge is 0.488 e. The summed E-state index contributed by atoms with van der Waals surface area (Å²) in [6.07, 6.45) is 2.80. The van der Waals surface area contributed by atoms with Gasteiger partial charge in [0.1, 0.15) is 46.3 Å². The fourth-order valence-electron chi connectivity index (χ4n) is 2.42. The van der Waals surface area contributed by atoms with Gasteiger partial charge in [-0.05, 0) is 12.1 Å². The Morgan fingerprint density at radius 3 is 2.63 bits per heavy atom. The van der Waals surface area contributed by atoms with Crippen molar-refractivity contribution in [3.63, 3.8) is 0 Å². The maximum Gasteiger partial charge on any atom is 0.302 e. The van der Waals surface area contributed by atoms with Crippen molar-refractivity contribution in [1.82, 2.24) is 9.97 Å². The molecule has 30 heavy (non-hydrogen) atoms. The Kier molecular flexibility index (Phi) is 6.52. The van der Waals surface area contributed by atoms with E-state index in [1.165, 1.54) is 31.5 Å². The number of hydrogen-bond donors (Lipinski definition) is 2. The summed E-state index contributed by atoms with van der Waals surface area (Å²) in [4.78, 5) is 31.4. The number of ether oxygens (including phenoxy) is 2. The number of rotatable bonds is 7. The van der Waals surface area contributed by atoms with Gasteiger partial charge in [0, 0.05) is 19.2 Å². The van der Waals surface area contributed by atoms with Gasteiger partial charge in [-0.2, -0.15) is 0 Å². The summed E-state index contributed by atoms with van der Waals surface area (Å²) in [6, 6.07) is 4.91. The van der Waals surface area contributed by atoms with Gasteiger partial charge in [0.05, 0.1) is 11.8 Å². The average molecular weight is 434 g/mol. The minimum absolute atomic E-state index is 0.00799. The first-order valence-corrected chi connectivity index (χ1v) is 9.40. The number of thiazole rings is 1. The number of halogens is 2. The number of nitrogen functional groups attached to an aromatic ring is 1. The summed E-state index contributed by atoms with van der Waals surface area (Å²) in [5.41, 5.74) is 5.53. The standard InChI is InChI=1S/C19H16F2N4O4S/c1-10(26)28-7-8-29-14-5-6-23-9-13(14)24-18(27)16-17(22)30-19(25-16)15-11(20)3-2-4-12(15)21/h2-6,9H,7-8,22H2,1H3,(H,24,27). The van der Waals surface area contributed by atoms with E-state index in [0.717, 1.165) is 23.5 Å². The number of esters is 1. The molecule has 2 aromatic heterocycles. The number of carbonyl (C=O) groups is 2. The van der Waals surface area contributed by atoms with Gasteiger partial charge in [0.2, 0.25) is 0 Å². The number of benzene rings is 1. The van der Waals surface area contributed by atoms with Crippen LogP contribution in [-0.2, 0) is 9.53 Å². The Hall–Kier alpha value is -3.60. The first-order valence-electron chi connectivity index (χ1n) is 8.59. The van der Waals surface area contributed by atoms with E-state index < -0.39 is 23.5 Å². The SMILES string of the molecule is CC(=O)OCCOc1ccncc1NC(=O)c1nc(-c2c(F)cccc2F)sc1N. The minimum atomic E-state index is -0.813. The van der Waals surface area contributed by atoms with Crippen LogP contribution < -0.4 is 15.8 Å². The van der Waals surface area contributed by atoms with Crippen LogP contribution in [0.25, 0.3) is 10.6 Å². The second-order valence-corrected chi connectivity index (χ2v) is 6.87. The molecule has 0 aliphatic heterocycles. The zero-order valence-corrected chi connectivity index (χ0v) is 16.5. The Labute approximate surface area is 173 Å². The first-order chi connectivity index (χ1) is 14.4. The lowest BCUT2D eigenvalue weighted by Gasteiger charge is -2.11. The van der Waals surface area contributed by atoms with Crippen molar-refractivity contribution < 1.29 is 27.8 Å². The number of anilines is 2. The van der Waals surface area contributed by atoms with Crippen molar-refractivity contribution in [2.45, 2.75) is 6.92 Å². The number of aromatic nitrogens is 2. The highest BCUT2D eigenvalue weighted by Gasteiger charge is 2.22. The fraction of sp³-hybridized carbons (Fsp3) is 0.158. The maximum absolute atomic E-state index is 14.0. The van der Waals surface area contributed by atoms with Crippen molar-refractivity contribution in [2.24, 2.45) is 0 Å². The van der Waals surface area contributed by atoms with E-state index in [-0.39, 0.29) is 45.9 Å². The smallest absolute Gasteiger partial charge is 0.302 e. The van der Waals surface area contributed by atoms with Crippen molar-refractivity contribution in [1.29, 1.82) is 0 Å². The zero-order valence-electron chi connectivity index (χ0n) is 15.6. The van der Waals surface area contributed by atoms with E-state index in [1.54, 1.807) is 0 Å². The van der Waals surface area contributed by atoms with Crippen molar-refractivity contribution >= 4 is 33.9 Å². The summed E-state index contributed by atoms with van der Waals surface area (Å²) in [5, 5.41) is 2.49. The van der Waals surface area contributed by atoms with Gasteiger partial charge in [-0.1, -0.05) is 17.4 Å². The van der Waals surface area contributed by atoms with Gasteiger partial charge in [-0.25, -0.2) is 13.8 Å². The Balaban J connectivity index is 1.78. The molecule has 0 radical (unpaired) electrons. The summed E-state index contributed by atoms with van der Waals surface area (Å²) in [7, 11) is 0. The van der Waals surface area contributed by atoms with Crippen LogP contribution in [0.4, 0.5) is 19.5 Å². The highest BCUT2D eigenvalue weighted by molar-refractivity contribution is 7.19. The Bertz CT molecular complexity index is 1070. The zero-order chi connectivity index (χ0) is 21.7. The maximum atomic E-state index is 14.0. The van der Waals surface area contributed by atoms with Crippen LogP contribution in [0.1, 0.15) is 17.4 Å². The molecule has 0 spiro atoms. The van der Waals surface area contributed by atoms with Crippen LogP contribution in [-0.4, -0.2) is 35.1 Å². The van der Waals surface area contributed by atoms with Crippen molar-refractivity contribution in [3.8, 4) is 16.3 Å². The molecular formula is C19H16F2N4O4S. The Morgan fingerprint density at radius 2 is 1.93 bits per heavy atom. The molecule has 156 valence electrons. The molecular weight excluding hydrogens is 418 g/mol. The molecule has 0 atom stereocenters. The number of nitrogens with one attached hydrogen (secondary N) is 1. The predicted octanol–water partition coefficient (Wildman–Crippen LogP) is 3.26. The predicted molar refractivity (Wildman–Crippen MR) is 106 cm³/mol. The van der Waals surface area contributed by atoms with E-state index in [9.17, 15) is 18.4 Å². The number of carbonyl (C=O) groups excluding carboxylic acids is 2. The molecule has 0 aliphatic rings.